The molecule has 8 heteroatoms. The number of carbonyl (C=O) groups is 2. The summed E-state index contributed by atoms with van der Waals surface area (Å²) in [6, 6.07) is -1.97. The van der Waals surface area contributed by atoms with Crippen LogP contribution in [-0.2, 0) is 19.1 Å². The Kier molecular flexibility index (Phi) is 6.08. The zero-order chi connectivity index (χ0) is 12.9. The molecular formula is C8H12F2INO4. The molecule has 16 heavy (non-hydrogen) atoms. The third kappa shape index (κ3) is 3.51. The average molecular weight is 351 g/mol. The Labute approximate surface area is 105 Å². The van der Waals surface area contributed by atoms with E-state index in [9.17, 15) is 18.4 Å². The van der Waals surface area contributed by atoms with Gasteiger partial charge in [-0.15, -0.1) is 0 Å². The van der Waals surface area contributed by atoms with E-state index < -0.39 is 34.2 Å². The summed E-state index contributed by atoms with van der Waals surface area (Å²) >= 11 is 1.42. The molecule has 0 rings (SSSR count). The van der Waals surface area contributed by atoms with Crippen LogP contribution in [0.1, 0.15) is 0 Å². The maximum absolute atomic E-state index is 13.2. The van der Waals surface area contributed by atoms with E-state index in [1.54, 1.807) is 0 Å². The fourth-order valence-electron chi connectivity index (χ4n) is 0.976. The summed E-state index contributed by atoms with van der Waals surface area (Å²) in [5, 5.41) is 0. The number of nitrogens with two attached hydrogens (primary N) is 1. The topological polar surface area (TPSA) is 78.6 Å². The molecular weight excluding hydrogens is 339 g/mol. The number of ether oxygens (including phenoxy) is 2. The highest BCUT2D eigenvalue weighted by molar-refractivity contribution is 14.1. The molecule has 0 aliphatic carbocycles. The van der Waals surface area contributed by atoms with Crippen molar-refractivity contribution in [2.75, 3.05) is 18.6 Å². The van der Waals surface area contributed by atoms with Crippen LogP contribution < -0.4 is 5.73 Å². The molecule has 0 heterocycles. The van der Waals surface area contributed by atoms with Crippen LogP contribution in [0.5, 0.6) is 0 Å². The molecule has 0 spiro atoms. The van der Waals surface area contributed by atoms with Crippen molar-refractivity contribution < 1.29 is 27.8 Å². The summed E-state index contributed by atoms with van der Waals surface area (Å²) in [7, 11) is 1.96. The maximum atomic E-state index is 13.2. The second kappa shape index (κ2) is 6.28. The maximum Gasteiger partial charge on any atom is 0.321 e. The number of hydrogen-bond donors (Lipinski definition) is 1. The molecule has 0 aromatic carbocycles. The van der Waals surface area contributed by atoms with Crippen molar-refractivity contribution in [1.82, 2.24) is 0 Å². The van der Waals surface area contributed by atoms with Gasteiger partial charge >= 0.3 is 11.9 Å². The van der Waals surface area contributed by atoms with Gasteiger partial charge in [0.05, 0.1) is 24.7 Å². The standard InChI is InChI=1S/C8H12F2INO4/c1-15-6(13)4(7(14)16-2)5(12)8(9,10)3-11/h4-5H,3,12H2,1-2H3. The van der Waals surface area contributed by atoms with Crippen LogP contribution in [0.3, 0.4) is 0 Å². The van der Waals surface area contributed by atoms with Crippen LogP contribution >= 0.6 is 22.6 Å². The first kappa shape index (κ1) is 15.5. The highest BCUT2D eigenvalue weighted by Crippen LogP contribution is 2.26. The summed E-state index contributed by atoms with van der Waals surface area (Å²) in [5.74, 6) is -7.44. The van der Waals surface area contributed by atoms with Crippen molar-refractivity contribution in [3.05, 3.63) is 0 Å². The van der Waals surface area contributed by atoms with Crippen molar-refractivity contribution in [2.24, 2.45) is 11.7 Å². The molecule has 0 fully saturated rings. The molecule has 1 unspecified atom stereocenters. The molecule has 5 nitrogen and oxygen atoms in total. The van der Waals surface area contributed by atoms with E-state index in [0.717, 1.165) is 14.2 Å². The second-order valence-electron chi connectivity index (χ2n) is 2.94. The number of esters is 2. The van der Waals surface area contributed by atoms with E-state index in [2.05, 4.69) is 9.47 Å². The highest BCUT2D eigenvalue weighted by atomic mass is 127. The third-order valence-electron chi connectivity index (χ3n) is 1.94. The minimum atomic E-state index is -3.35. The Balaban J connectivity index is 5.04. The molecule has 0 saturated heterocycles. The lowest BCUT2D eigenvalue weighted by Gasteiger charge is -2.26. The third-order valence-corrected chi connectivity index (χ3v) is 2.95. The summed E-state index contributed by atoms with van der Waals surface area (Å²) in [5.41, 5.74) is 5.20. The Hall–Kier alpha value is -0.510. The van der Waals surface area contributed by atoms with Gasteiger partial charge in [0.2, 0.25) is 0 Å². The molecule has 0 aromatic rings. The predicted octanol–water partition coefficient (Wildman–Crippen LogP) is 0.346. The Morgan fingerprint density at radius 3 is 1.94 bits per heavy atom. The van der Waals surface area contributed by atoms with E-state index in [0.29, 0.717) is 0 Å². The van der Waals surface area contributed by atoms with Gasteiger partial charge in [-0.25, -0.2) is 8.78 Å². The van der Waals surface area contributed by atoms with Crippen molar-refractivity contribution in [3.8, 4) is 0 Å². The lowest BCUT2D eigenvalue weighted by Crippen LogP contribution is -2.53. The van der Waals surface area contributed by atoms with Crippen molar-refractivity contribution >= 4 is 34.5 Å². The second-order valence-corrected chi connectivity index (χ2v) is 3.71. The minimum Gasteiger partial charge on any atom is -0.468 e. The van der Waals surface area contributed by atoms with E-state index in [1.165, 1.54) is 22.6 Å². The SMILES string of the molecule is COC(=O)C(C(=O)OC)C(N)C(F)(F)CI. The van der Waals surface area contributed by atoms with Gasteiger partial charge in [-0.1, -0.05) is 22.6 Å². The lowest BCUT2D eigenvalue weighted by atomic mass is 9.96. The molecule has 1 atom stereocenters. The molecule has 94 valence electrons. The van der Waals surface area contributed by atoms with Gasteiger partial charge < -0.3 is 15.2 Å². The number of rotatable bonds is 5. The molecule has 2 N–H and O–H groups in total. The minimum absolute atomic E-state index is 0.615. The normalized spacial score (nSPS) is 13.4. The molecule has 0 aromatic heterocycles. The smallest absolute Gasteiger partial charge is 0.321 e. The average Bonchev–Trinajstić information content (AvgIpc) is 2.28. The fourth-order valence-corrected chi connectivity index (χ4v) is 1.48. The largest absolute Gasteiger partial charge is 0.468 e. The number of hydrogen-bond acceptors (Lipinski definition) is 5. The van der Waals surface area contributed by atoms with Gasteiger partial charge in [0, 0.05) is 0 Å². The van der Waals surface area contributed by atoms with Crippen LogP contribution in [0.25, 0.3) is 0 Å². The number of carbonyl (C=O) groups excluding carboxylic acids is 2. The Morgan fingerprint density at radius 2 is 1.69 bits per heavy atom. The van der Waals surface area contributed by atoms with Crippen molar-refractivity contribution in [1.29, 1.82) is 0 Å². The summed E-state index contributed by atoms with van der Waals surface area (Å²) in [6.45, 7) is 0. The first-order valence-corrected chi connectivity index (χ1v) is 5.69. The van der Waals surface area contributed by atoms with E-state index >= 15 is 0 Å². The predicted molar refractivity (Wildman–Crippen MR) is 59.3 cm³/mol. The number of alkyl halides is 3. The summed E-state index contributed by atoms with van der Waals surface area (Å²) in [4.78, 5) is 22.4. The van der Waals surface area contributed by atoms with Crippen LogP contribution in [-0.4, -0.2) is 42.6 Å². The Morgan fingerprint density at radius 1 is 1.31 bits per heavy atom. The van der Waals surface area contributed by atoms with Crippen LogP contribution in [0.15, 0.2) is 0 Å². The van der Waals surface area contributed by atoms with Gasteiger partial charge in [0.25, 0.3) is 5.92 Å². The van der Waals surface area contributed by atoms with Gasteiger partial charge in [0.1, 0.15) is 0 Å². The van der Waals surface area contributed by atoms with Crippen LogP contribution in [0.2, 0.25) is 0 Å². The number of methoxy groups -OCH3 is 2. The molecule has 0 bridgehead atoms. The summed E-state index contributed by atoms with van der Waals surface area (Å²) in [6.07, 6.45) is 0. The van der Waals surface area contributed by atoms with Gasteiger partial charge in [-0.3, -0.25) is 9.59 Å². The molecule has 0 saturated carbocycles. The van der Waals surface area contributed by atoms with E-state index in [-0.39, 0.29) is 0 Å². The quantitative estimate of drug-likeness (QED) is 0.335. The molecule has 0 radical (unpaired) electrons. The first-order valence-electron chi connectivity index (χ1n) is 4.16. The summed E-state index contributed by atoms with van der Waals surface area (Å²) < 4.78 is 34.3. The Bertz CT molecular complexity index is 259. The van der Waals surface area contributed by atoms with Gasteiger partial charge in [-0.2, -0.15) is 0 Å². The van der Waals surface area contributed by atoms with Crippen LogP contribution in [0.4, 0.5) is 8.78 Å². The van der Waals surface area contributed by atoms with E-state index in [1.807, 2.05) is 0 Å². The monoisotopic (exact) mass is 351 g/mol. The van der Waals surface area contributed by atoms with Crippen molar-refractivity contribution in [3.63, 3.8) is 0 Å². The molecule has 0 aliphatic rings. The molecule has 0 aliphatic heterocycles. The first-order chi connectivity index (χ1) is 7.31. The zero-order valence-electron chi connectivity index (χ0n) is 8.71. The van der Waals surface area contributed by atoms with Gasteiger partial charge in [0.15, 0.2) is 5.92 Å². The fraction of sp³-hybridized carbons (Fsp3) is 0.750. The van der Waals surface area contributed by atoms with Crippen LogP contribution in [0, 0.1) is 5.92 Å². The van der Waals surface area contributed by atoms with E-state index in [4.69, 9.17) is 5.73 Å². The van der Waals surface area contributed by atoms with Gasteiger partial charge in [-0.05, 0) is 0 Å². The lowest BCUT2D eigenvalue weighted by molar-refractivity contribution is -0.164. The number of halogens is 3. The van der Waals surface area contributed by atoms with Crippen molar-refractivity contribution in [2.45, 2.75) is 12.0 Å². The molecule has 0 amide bonds. The zero-order valence-corrected chi connectivity index (χ0v) is 10.9. The highest BCUT2D eigenvalue weighted by Gasteiger charge is 2.48.